The highest BCUT2D eigenvalue weighted by molar-refractivity contribution is 7.89. The maximum atomic E-state index is 12.2. The number of aromatic nitrogens is 1. The number of anilines is 1. The molecule has 1 aromatic heterocycles. The van der Waals surface area contributed by atoms with Crippen molar-refractivity contribution in [1.29, 1.82) is 0 Å². The lowest BCUT2D eigenvalue weighted by molar-refractivity contribution is -0.120. The molecule has 1 heterocycles. The number of amides is 1. The molecule has 0 bridgehead atoms. The lowest BCUT2D eigenvalue weighted by Crippen LogP contribution is -2.47. The van der Waals surface area contributed by atoms with Gasteiger partial charge < -0.3 is 11.1 Å². The second-order valence-corrected chi connectivity index (χ2v) is 6.62. The van der Waals surface area contributed by atoms with Crippen LogP contribution in [0.1, 0.15) is 13.8 Å². The second-order valence-electron chi connectivity index (χ2n) is 4.50. The molecule has 1 amide bonds. The zero-order chi connectivity index (χ0) is 15.5. The molecule has 7 nitrogen and oxygen atoms in total. The second kappa shape index (κ2) is 6.38. The van der Waals surface area contributed by atoms with E-state index in [-0.39, 0.29) is 15.8 Å². The van der Waals surface area contributed by atoms with Gasteiger partial charge in [0.2, 0.25) is 15.9 Å². The van der Waals surface area contributed by atoms with E-state index in [4.69, 9.17) is 17.3 Å². The minimum Gasteiger partial charge on any atom is -0.372 e. The van der Waals surface area contributed by atoms with E-state index in [0.717, 1.165) is 6.20 Å². The molecular weight excluding hydrogens is 304 g/mol. The third-order valence-electron chi connectivity index (χ3n) is 2.62. The highest BCUT2D eigenvalue weighted by Gasteiger charge is 2.27. The topological polar surface area (TPSA) is 114 Å². The summed E-state index contributed by atoms with van der Waals surface area (Å²) >= 11 is 5.89. The number of nitrogens with one attached hydrogen (secondary N) is 2. The summed E-state index contributed by atoms with van der Waals surface area (Å²) in [4.78, 5) is 15.0. The molecule has 112 valence electrons. The maximum absolute atomic E-state index is 12.2. The zero-order valence-corrected chi connectivity index (χ0v) is 12.9. The highest BCUT2D eigenvalue weighted by Crippen LogP contribution is 2.22. The van der Waals surface area contributed by atoms with Crippen LogP contribution in [-0.2, 0) is 14.8 Å². The van der Waals surface area contributed by atoms with Gasteiger partial charge in [0.25, 0.3) is 0 Å². The van der Waals surface area contributed by atoms with Crippen molar-refractivity contribution in [2.24, 2.45) is 11.7 Å². The molecule has 20 heavy (non-hydrogen) atoms. The SMILES string of the molecule is CNc1ncc(S(=O)(=O)NC(C(N)=O)C(C)C)cc1Cl. The summed E-state index contributed by atoms with van der Waals surface area (Å²) in [6.45, 7) is 3.38. The van der Waals surface area contributed by atoms with E-state index >= 15 is 0 Å². The number of pyridine rings is 1. The number of nitrogens with zero attached hydrogens (tertiary/aromatic N) is 1. The van der Waals surface area contributed by atoms with Gasteiger partial charge in [-0.3, -0.25) is 4.79 Å². The predicted molar refractivity (Wildman–Crippen MR) is 76.9 cm³/mol. The van der Waals surface area contributed by atoms with Crippen molar-refractivity contribution in [3.8, 4) is 0 Å². The van der Waals surface area contributed by atoms with Crippen LogP contribution in [0.15, 0.2) is 17.2 Å². The Kier molecular flexibility index (Phi) is 5.32. The number of carbonyl (C=O) groups is 1. The molecule has 1 atom stereocenters. The average molecular weight is 321 g/mol. The van der Waals surface area contributed by atoms with E-state index in [0.29, 0.717) is 5.82 Å². The highest BCUT2D eigenvalue weighted by atomic mass is 35.5. The first-order chi connectivity index (χ1) is 9.19. The lowest BCUT2D eigenvalue weighted by Gasteiger charge is -2.19. The van der Waals surface area contributed by atoms with Crippen LogP contribution in [0.25, 0.3) is 0 Å². The Morgan fingerprint density at radius 1 is 1.45 bits per heavy atom. The zero-order valence-electron chi connectivity index (χ0n) is 11.3. The van der Waals surface area contributed by atoms with Gasteiger partial charge in [0.1, 0.15) is 16.8 Å². The van der Waals surface area contributed by atoms with E-state index < -0.39 is 22.0 Å². The fourth-order valence-corrected chi connectivity index (χ4v) is 3.16. The standard InChI is InChI=1S/C11H17ClN4O3S/c1-6(2)9(10(13)17)16-20(18,19)7-4-8(12)11(14-3)15-5-7/h4-6,9,16H,1-3H3,(H2,13,17)(H,14,15). The molecule has 9 heteroatoms. The molecule has 0 spiro atoms. The van der Waals surface area contributed by atoms with Crippen LogP contribution in [0.2, 0.25) is 5.02 Å². The van der Waals surface area contributed by atoms with Crippen LogP contribution in [0.3, 0.4) is 0 Å². The van der Waals surface area contributed by atoms with E-state index in [1.807, 2.05) is 0 Å². The number of hydrogen-bond acceptors (Lipinski definition) is 5. The van der Waals surface area contributed by atoms with Gasteiger partial charge in [-0.2, -0.15) is 4.72 Å². The van der Waals surface area contributed by atoms with E-state index in [2.05, 4.69) is 15.0 Å². The van der Waals surface area contributed by atoms with Gasteiger partial charge in [-0.05, 0) is 12.0 Å². The summed E-state index contributed by atoms with van der Waals surface area (Å²) in [5.41, 5.74) is 5.18. The molecule has 0 saturated heterocycles. The van der Waals surface area contributed by atoms with Crippen LogP contribution >= 0.6 is 11.6 Å². The fraction of sp³-hybridized carbons (Fsp3) is 0.455. The third kappa shape index (κ3) is 3.81. The first kappa shape index (κ1) is 16.7. The number of nitrogens with two attached hydrogens (primary N) is 1. The summed E-state index contributed by atoms with van der Waals surface area (Å²) in [6, 6.07) is 0.254. The van der Waals surface area contributed by atoms with Crippen molar-refractivity contribution in [1.82, 2.24) is 9.71 Å². The molecule has 0 saturated carbocycles. The number of sulfonamides is 1. The Balaban J connectivity index is 3.11. The predicted octanol–water partition coefficient (Wildman–Crippen LogP) is 0.565. The van der Waals surface area contributed by atoms with Crippen molar-refractivity contribution >= 4 is 33.3 Å². The van der Waals surface area contributed by atoms with Gasteiger partial charge in [-0.15, -0.1) is 0 Å². The van der Waals surface area contributed by atoms with Gasteiger partial charge in [-0.25, -0.2) is 13.4 Å². The number of primary amides is 1. The smallest absolute Gasteiger partial charge is 0.242 e. The van der Waals surface area contributed by atoms with Crippen molar-refractivity contribution < 1.29 is 13.2 Å². The Bertz CT molecular complexity index is 604. The van der Waals surface area contributed by atoms with Crippen LogP contribution in [0.5, 0.6) is 0 Å². The van der Waals surface area contributed by atoms with E-state index in [9.17, 15) is 13.2 Å². The molecule has 0 aliphatic heterocycles. The van der Waals surface area contributed by atoms with Gasteiger partial charge >= 0.3 is 0 Å². The Labute approximate surface area is 123 Å². The minimum absolute atomic E-state index is 0.131. The Hall–Kier alpha value is -1.38. The molecule has 0 aliphatic carbocycles. The molecule has 4 N–H and O–H groups in total. The van der Waals surface area contributed by atoms with Crippen LogP contribution < -0.4 is 15.8 Å². The molecule has 0 aliphatic rings. The Morgan fingerprint density at radius 3 is 2.45 bits per heavy atom. The van der Waals surface area contributed by atoms with Crippen molar-refractivity contribution in [3.63, 3.8) is 0 Å². The molecule has 0 radical (unpaired) electrons. The van der Waals surface area contributed by atoms with E-state index in [1.165, 1.54) is 6.07 Å². The lowest BCUT2D eigenvalue weighted by atomic mass is 10.1. The molecule has 1 unspecified atom stereocenters. The van der Waals surface area contributed by atoms with Gasteiger partial charge in [0, 0.05) is 13.2 Å². The molecular formula is C11H17ClN4O3S. The van der Waals surface area contributed by atoms with Crippen LogP contribution in [0, 0.1) is 5.92 Å². The molecule has 1 rings (SSSR count). The summed E-state index contributed by atoms with van der Waals surface area (Å²) in [5, 5.41) is 2.88. The number of hydrogen-bond donors (Lipinski definition) is 3. The van der Waals surface area contributed by atoms with Crippen LogP contribution in [0.4, 0.5) is 5.82 Å². The normalized spacial score (nSPS) is 13.2. The van der Waals surface area contributed by atoms with Crippen molar-refractivity contribution in [2.45, 2.75) is 24.8 Å². The molecule has 0 aromatic carbocycles. The average Bonchev–Trinajstić information content (AvgIpc) is 2.35. The van der Waals surface area contributed by atoms with Gasteiger partial charge in [-0.1, -0.05) is 25.4 Å². The largest absolute Gasteiger partial charge is 0.372 e. The fourth-order valence-electron chi connectivity index (χ4n) is 1.51. The quantitative estimate of drug-likeness (QED) is 0.708. The summed E-state index contributed by atoms with van der Waals surface area (Å²) in [6.07, 6.45) is 1.15. The number of rotatable bonds is 6. The van der Waals surface area contributed by atoms with Crippen molar-refractivity contribution in [2.75, 3.05) is 12.4 Å². The molecule has 0 fully saturated rings. The summed E-state index contributed by atoms with van der Waals surface area (Å²) < 4.78 is 26.6. The van der Waals surface area contributed by atoms with Crippen molar-refractivity contribution in [3.05, 3.63) is 17.3 Å². The Morgan fingerprint density at radius 2 is 2.05 bits per heavy atom. The summed E-state index contributed by atoms with van der Waals surface area (Å²) in [5.74, 6) is -0.655. The van der Waals surface area contributed by atoms with Gasteiger partial charge in [0.05, 0.1) is 5.02 Å². The first-order valence-corrected chi connectivity index (χ1v) is 7.70. The maximum Gasteiger partial charge on any atom is 0.242 e. The van der Waals surface area contributed by atoms with Crippen LogP contribution in [-0.4, -0.2) is 32.4 Å². The van der Waals surface area contributed by atoms with Gasteiger partial charge in [0.15, 0.2) is 0 Å². The van der Waals surface area contributed by atoms with E-state index in [1.54, 1.807) is 20.9 Å². The molecule has 1 aromatic rings. The summed E-state index contributed by atoms with van der Waals surface area (Å²) in [7, 11) is -2.31. The monoisotopic (exact) mass is 320 g/mol. The minimum atomic E-state index is -3.92. The number of halogens is 1. The first-order valence-electron chi connectivity index (χ1n) is 5.84. The third-order valence-corrected chi connectivity index (χ3v) is 4.31. The number of carbonyl (C=O) groups excluding carboxylic acids is 1.